The van der Waals surface area contributed by atoms with Crippen molar-refractivity contribution in [1.82, 2.24) is 9.88 Å². The topological polar surface area (TPSA) is 112 Å². The van der Waals surface area contributed by atoms with Gasteiger partial charge in [-0.3, -0.25) is 14.7 Å². The van der Waals surface area contributed by atoms with Crippen LogP contribution in [0.5, 0.6) is 0 Å². The van der Waals surface area contributed by atoms with Gasteiger partial charge in [-0.2, -0.15) is 0 Å². The fourth-order valence-electron chi connectivity index (χ4n) is 6.73. The van der Waals surface area contributed by atoms with Gasteiger partial charge in [-0.25, -0.2) is 23.4 Å². The summed E-state index contributed by atoms with van der Waals surface area (Å²) in [5.41, 5.74) is 1.52. The summed E-state index contributed by atoms with van der Waals surface area (Å²) in [6, 6.07) is 8.57. The maximum absolute atomic E-state index is 16.4. The van der Waals surface area contributed by atoms with E-state index in [-0.39, 0.29) is 44.8 Å². The Morgan fingerprint density at radius 3 is 2.72 bits per heavy atom. The zero-order valence-corrected chi connectivity index (χ0v) is 26.6. The van der Waals surface area contributed by atoms with Gasteiger partial charge in [0.25, 0.3) is 5.91 Å². The number of benzene rings is 2. The van der Waals surface area contributed by atoms with Crippen molar-refractivity contribution in [2.45, 2.75) is 45.3 Å². The summed E-state index contributed by atoms with van der Waals surface area (Å²) in [6.45, 7) is 6.06. The van der Waals surface area contributed by atoms with Crippen molar-refractivity contribution >= 4 is 40.6 Å². The van der Waals surface area contributed by atoms with Crippen LogP contribution in [0.2, 0.25) is 0 Å². The number of nitrogens with zero attached hydrogens (tertiary/aromatic N) is 4. The molecule has 2 saturated heterocycles. The molecule has 3 aliphatic rings. The highest BCUT2D eigenvalue weighted by Crippen LogP contribution is 2.43. The molecule has 12 heteroatoms. The zero-order chi connectivity index (χ0) is 32.7. The molecule has 3 atom stereocenters. The summed E-state index contributed by atoms with van der Waals surface area (Å²) in [4.78, 5) is 51.5. The van der Waals surface area contributed by atoms with Crippen molar-refractivity contribution in [3.05, 3.63) is 92.2 Å². The number of thiazole rings is 1. The number of likely N-dealkylation sites (tertiary alicyclic amines) is 1. The number of esters is 1. The number of aryl methyl sites for hydroxylation is 1. The second-order valence-corrected chi connectivity index (χ2v) is 12.8. The number of carbonyl (C=O) groups excluding carboxylic acids is 2. The monoisotopic (exact) mass is 648 g/mol. The number of carbonyl (C=O) groups is 3. The minimum atomic E-state index is -2.09. The number of aliphatic imine (C=N–C) groups is 1. The van der Waals surface area contributed by atoms with E-state index in [9.17, 15) is 23.9 Å². The first-order valence-electron chi connectivity index (χ1n) is 15.2. The summed E-state index contributed by atoms with van der Waals surface area (Å²) >= 11 is 1.42. The Bertz CT molecular complexity index is 1770. The average molecular weight is 649 g/mol. The van der Waals surface area contributed by atoms with Crippen molar-refractivity contribution in [1.29, 1.82) is 0 Å². The van der Waals surface area contributed by atoms with Crippen LogP contribution in [0.4, 0.5) is 14.5 Å². The third-order valence-electron chi connectivity index (χ3n) is 9.20. The largest absolute Gasteiger partial charge is 0.478 e. The molecule has 2 fully saturated rings. The van der Waals surface area contributed by atoms with E-state index < -0.39 is 41.3 Å². The van der Waals surface area contributed by atoms with Gasteiger partial charge in [-0.1, -0.05) is 18.2 Å². The van der Waals surface area contributed by atoms with Crippen molar-refractivity contribution in [3.8, 4) is 0 Å². The van der Waals surface area contributed by atoms with Crippen molar-refractivity contribution in [2.75, 3.05) is 37.7 Å². The van der Waals surface area contributed by atoms with Gasteiger partial charge in [0.15, 0.2) is 5.67 Å². The first-order chi connectivity index (χ1) is 22.0. The van der Waals surface area contributed by atoms with Gasteiger partial charge in [0.2, 0.25) is 0 Å². The number of piperidine rings is 1. The van der Waals surface area contributed by atoms with Crippen LogP contribution in [0.3, 0.4) is 0 Å². The van der Waals surface area contributed by atoms with E-state index in [0.29, 0.717) is 45.1 Å². The second kappa shape index (κ2) is 12.5. The van der Waals surface area contributed by atoms with Crippen molar-refractivity contribution in [3.63, 3.8) is 0 Å². The van der Waals surface area contributed by atoms with Gasteiger partial charge in [0.1, 0.15) is 16.9 Å². The lowest BCUT2D eigenvalue weighted by Crippen LogP contribution is -2.51. The van der Waals surface area contributed by atoms with Gasteiger partial charge in [0.05, 0.1) is 23.5 Å². The van der Waals surface area contributed by atoms with E-state index in [4.69, 9.17) is 9.73 Å². The first-order valence-corrected chi connectivity index (χ1v) is 16.1. The van der Waals surface area contributed by atoms with Crippen LogP contribution < -0.4 is 4.90 Å². The molecule has 0 spiro atoms. The number of fused-ring (bicyclic) bond motifs is 1. The lowest BCUT2D eigenvalue weighted by molar-refractivity contribution is -0.139. The Morgan fingerprint density at radius 2 is 2.00 bits per heavy atom. The SMILES string of the molecule is CCOC(=O)C1=C(CN2CC[C@]3(F)C(=O)N(c4ccc(C)c(C(=O)O)c4)C[C@@H]3C2)CC(c2nccs2)=N[C@H]1c1cccc(F)c1C. The molecule has 9 nitrogen and oxygen atoms in total. The lowest BCUT2D eigenvalue weighted by atomic mass is 9.83. The van der Waals surface area contributed by atoms with E-state index in [0.717, 1.165) is 5.57 Å². The number of alkyl halides is 1. The Hall–Kier alpha value is -4.29. The molecule has 0 aliphatic carbocycles. The predicted molar refractivity (Wildman–Crippen MR) is 170 cm³/mol. The summed E-state index contributed by atoms with van der Waals surface area (Å²) in [6.07, 6.45) is 1.93. The van der Waals surface area contributed by atoms with Gasteiger partial charge < -0.3 is 14.7 Å². The normalized spacial score (nSPS) is 23.4. The van der Waals surface area contributed by atoms with E-state index in [1.54, 1.807) is 51.2 Å². The number of amides is 1. The van der Waals surface area contributed by atoms with E-state index in [1.807, 2.05) is 10.3 Å². The first kappa shape index (κ1) is 31.7. The Kier molecular flexibility index (Phi) is 8.60. The average Bonchev–Trinajstić information content (AvgIpc) is 3.66. The summed E-state index contributed by atoms with van der Waals surface area (Å²) in [5, 5.41) is 12.1. The number of dihydropyridines is 1. The van der Waals surface area contributed by atoms with Gasteiger partial charge in [-0.05, 0) is 61.2 Å². The highest BCUT2D eigenvalue weighted by Gasteiger charge is 2.57. The van der Waals surface area contributed by atoms with Crippen LogP contribution >= 0.6 is 11.3 Å². The minimum Gasteiger partial charge on any atom is -0.478 e. The van der Waals surface area contributed by atoms with Crippen LogP contribution in [0.15, 0.2) is 64.1 Å². The van der Waals surface area contributed by atoms with Crippen molar-refractivity contribution < 1.29 is 33.0 Å². The molecule has 4 heterocycles. The smallest absolute Gasteiger partial charge is 0.336 e. The van der Waals surface area contributed by atoms with E-state index >= 15 is 4.39 Å². The summed E-state index contributed by atoms with van der Waals surface area (Å²) < 4.78 is 36.7. The molecule has 1 amide bonds. The molecule has 3 aromatic rings. The Balaban J connectivity index is 1.33. The fourth-order valence-corrected chi connectivity index (χ4v) is 7.37. The molecule has 46 heavy (non-hydrogen) atoms. The van der Waals surface area contributed by atoms with Gasteiger partial charge in [-0.15, -0.1) is 11.3 Å². The molecule has 6 rings (SSSR count). The standard InChI is InChI=1S/C34H34F2N4O5S/c1-4-45-32(43)28-21(14-27(30-37-11-13-46-30)38-29(28)24-6-5-7-26(35)20(24)3)16-39-12-10-34(36)22(17-39)18-40(33(34)44)23-9-8-19(2)25(15-23)31(41)42/h5-9,11,13,15,22,29H,4,10,12,14,16-18H2,1-3H3,(H,41,42)/t22-,29-,34+/m0/s1. The maximum atomic E-state index is 16.4. The number of hydrogen-bond donors (Lipinski definition) is 1. The number of halogens is 2. The molecular formula is C34H34F2N4O5S. The minimum absolute atomic E-state index is 0.0491. The molecule has 0 radical (unpaired) electrons. The van der Waals surface area contributed by atoms with Gasteiger partial charge in [0, 0.05) is 62.2 Å². The number of aromatic nitrogens is 1. The van der Waals surface area contributed by atoms with Gasteiger partial charge >= 0.3 is 11.9 Å². The number of aromatic carboxylic acids is 1. The number of ether oxygens (including phenoxy) is 1. The predicted octanol–water partition coefficient (Wildman–Crippen LogP) is 5.47. The molecule has 0 saturated carbocycles. The number of carboxylic acids is 1. The number of hydrogen-bond acceptors (Lipinski definition) is 8. The van der Waals surface area contributed by atoms with Crippen LogP contribution in [-0.2, 0) is 14.3 Å². The van der Waals surface area contributed by atoms with E-state index in [1.165, 1.54) is 28.4 Å². The quantitative estimate of drug-likeness (QED) is 0.323. The highest BCUT2D eigenvalue weighted by molar-refractivity contribution is 7.11. The van der Waals surface area contributed by atoms with E-state index in [2.05, 4.69) is 4.98 Å². The van der Waals surface area contributed by atoms with Crippen LogP contribution in [0.1, 0.15) is 57.9 Å². The molecule has 1 aromatic heterocycles. The Labute approximate surface area is 269 Å². The highest BCUT2D eigenvalue weighted by atomic mass is 32.1. The maximum Gasteiger partial charge on any atom is 0.336 e. The number of anilines is 1. The molecular weight excluding hydrogens is 614 g/mol. The third-order valence-corrected chi connectivity index (χ3v) is 10.0. The zero-order valence-electron chi connectivity index (χ0n) is 25.8. The third kappa shape index (κ3) is 5.64. The Morgan fingerprint density at radius 1 is 1.20 bits per heavy atom. The number of carboxylic acid groups (broad SMARTS) is 1. The second-order valence-electron chi connectivity index (χ2n) is 11.9. The summed E-state index contributed by atoms with van der Waals surface area (Å²) in [5.74, 6) is -3.40. The fraction of sp³-hybridized carbons (Fsp3) is 0.382. The molecule has 0 bridgehead atoms. The van der Waals surface area contributed by atoms with Crippen LogP contribution in [0, 0.1) is 25.6 Å². The molecule has 2 aromatic carbocycles. The molecule has 3 aliphatic heterocycles. The molecule has 240 valence electrons. The van der Waals surface area contributed by atoms with Crippen molar-refractivity contribution in [2.24, 2.45) is 10.9 Å². The van der Waals surface area contributed by atoms with Crippen LogP contribution in [-0.4, -0.2) is 77.0 Å². The molecule has 1 N–H and O–H groups in total. The number of rotatable bonds is 8. The summed E-state index contributed by atoms with van der Waals surface area (Å²) in [7, 11) is 0. The molecule has 0 unspecified atom stereocenters. The lowest BCUT2D eigenvalue weighted by Gasteiger charge is -2.38. The van der Waals surface area contributed by atoms with Crippen LogP contribution in [0.25, 0.3) is 0 Å².